The van der Waals surface area contributed by atoms with Crippen molar-refractivity contribution in [2.75, 3.05) is 0 Å². The Kier molecular flexibility index (Phi) is 4.50. The van der Waals surface area contributed by atoms with Crippen LogP contribution in [0.25, 0.3) is 0 Å². The fraction of sp³-hybridized carbons (Fsp3) is 0.188. The van der Waals surface area contributed by atoms with E-state index in [2.05, 4.69) is 0 Å². The van der Waals surface area contributed by atoms with Gasteiger partial charge in [-0.05, 0) is 23.3 Å². The van der Waals surface area contributed by atoms with E-state index in [9.17, 15) is 9.90 Å². The van der Waals surface area contributed by atoms with Gasteiger partial charge in [0, 0.05) is 6.42 Å². The highest BCUT2D eigenvalue weighted by atomic mass is 16.4. The molecule has 104 valence electrons. The van der Waals surface area contributed by atoms with E-state index >= 15 is 0 Å². The van der Waals surface area contributed by atoms with Crippen LogP contribution in [0.15, 0.2) is 54.6 Å². The average molecular weight is 271 g/mol. The van der Waals surface area contributed by atoms with E-state index in [0.717, 1.165) is 11.1 Å². The van der Waals surface area contributed by atoms with E-state index in [1.807, 2.05) is 30.3 Å². The number of rotatable bonds is 5. The van der Waals surface area contributed by atoms with Crippen molar-refractivity contribution in [3.8, 4) is 0 Å². The topological polar surface area (TPSA) is 83.6 Å². The van der Waals surface area contributed by atoms with E-state index in [-0.39, 0.29) is 5.56 Å². The number of aromatic carboxylic acids is 1. The standard InChI is InChI=1S/C16H17NO3/c17-15(12-6-8-13(9-7-12)16(19)20)14(18)10-11-4-2-1-3-5-11/h1-9,14-15,18H,10,17H2,(H,19,20)/t14-,15+/m1/s1. The summed E-state index contributed by atoms with van der Waals surface area (Å²) in [5, 5.41) is 19.0. The third-order valence-electron chi connectivity index (χ3n) is 3.24. The van der Waals surface area contributed by atoms with Crippen LogP contribution in [-0.4, -0.2) is 22.3 Å². The highest BCUT2D eigenvalue weighted by molar-refractivity contribution is 5.87. The second-order valence-corrected chi connectivity index (χ2v) is 4.71. The summed E-state index contributed by atoms with van der Waals surface area (Å²) in [5.74, 6) is -0.977. The Morgan fingerprint density at radius 3 is 2.20 bits per heavy atom. The Hall–Kier alpha value is -2.17. The molecule has 0 fully saturated rings. The number of nitrogens with two attached hydrogens (primary N) is 1. The maximum Gasteiger partial charge on any atom is 0.335 e. The van der Waals surface area contributed by atoms with E-state index in [1.54, 1.807) is 12.1 Å². The van der Waals surface area contributed by atoms with Gasteiger partial charge in [-0.2, -0.15) is 0 Å². The van der Waals surface area contributed by atoms with Gasteiger partial charge in [-0.1, -0.05) is 42.5 Å². The first-order valence-corrected chi connectivity index (χ1v) is 6.39. The molecule has 4 nitrogen and oxygen atoms in total. The molecule has 0 saturated heterocycles. The molecule has 2 aromatic carbocycles. The minimum absolute atomic E-state index is 0.207. The summed E-state index contributed by atoms with van der Waals surface area (Å²) in [6.45, 7) is 0. The largest absolute Gasteiger partial charge is 0.478 e. The summed E-state index contributed by atoms with van der Waals surface area (Å²) >= 11 is 0. The first-order valence-electron chi connectivity index (χ1n) is 6.39. The number of benzene rings is 2. The summed E-state index contributed by atoms with van der Waals surface area (Å²) in [5.41, 5.74) is 7.95. The van der Waals surface area contributed by atoms with Crippen LogP contribution in [0.2, 0.25) is 0 Å². The van der Waals surface area contributed by atoms with Gasteiger partial charge in [0.1, 0.15) is 0 Å². The van der Waals surface area contributed by atoms with Gasteiger partial charge in [-0.15, -0.1) is 0 Å². The fourth-order valence-electron chi connectivity index (χ4n) is 2.05. The molecule has 0 spiro atoms. The van der Waals surface area contributed by atoms with Crippen molar-refractivity contribution in [3.63, 3.8) is 0 Å². The normalized spacial score (nSPS) is 13.7. The lowest BCUT2D eigenvalue weighted by Gasteiger charge is -2.19. The zero-order valence-electron chi connectivity index (χ0n) is 10.9. The van der Waals surface area contributed by atoms with E-state index < -0.39 is 18.1 Å². The molecule has 0 unspecified atom stereocenters. The average Bonchev–Trinajstić information content (AvgIpc) is 2.47. The van der Waals surface area contributed by atoms with Crippen LogP contribution in [-0.2, 0) is 6.42 Å². The number of aliphatic hydroxyl groups is 1. The number of hydrogen-bond acceptors (Lipinski definition) is 3. The minimum atomic E-state index is -0.977. The second-order valence-electron chi connectivity index (χ2n) is 4.71. The van der Waals surface area contributed by atoms with Gasteiger partial charge < -0.3 is 15.9 Å². The summed E-state index contributed by atoms with van der Waals surface area (Å²) in [7, 11) is 0. The predicted octanol–water partition coefficient (Wildman–Crippen LogP) is 1.99. The highest BCUT2D eigenvalue weighted by Gasteiger charge is 2.17. The molecule has 0 aromatic heterocycles. The SMILES string of the molecule is N[C@@H](c1ccc(C(=O)O)cc1)[C@H](O)Cc1ccccc1. The van der Waals surface area contributed by atoms with Crippen molar-refractivity contribution >= 4 is 5.97 Å². The highest BCUT2D eigenvalue weighted by Crippen LogP contribution is 2.18. The van der Waals surface area contributed by atoms with Crippen LogP contribution in [0.4, 0.5) is 0 Å². The quantitative estimate of drug-likeness (QED) is 0.776. The number of aliphatic hydroxyl groups excluding tert-OH is 1. The zero-order valence-corrected chi connectivity index (χ0v) is 10.9. The van der Waals surface area contributed by atoms with Gasteiger partial charge >= 0.3 is 5.97 Å². The molecule has 4 heteroatoms. The first-order chi connectivity index (χ1) is 9.58. The van der Waals surface area contributed by atoms with Crippen LogP contribution in [0.5, 0.6) is 0 Å². The van der Waals surface area contributed by atoms with Crippen LogP contribution in [0.3, 0.4) is 0 Å². The lowest BCUT2D eigenvalue weighted by atomic mass is 9.96. The monoisotopic (exact) mass is 271 g/mol. The second kappa shape index (κ2) is 6.32. The lowest BCUT2D eigenvalue weighted by molar-refractivity contribution is 0.0697. The molecule has 2 atom stereocenters. The molecule has 0 bridgehead atoms. The number of carboxylic acid groups (broad SMARTS) is 1. The third kappa shape index (κ3) is 3.44. The Morgan fingerprint density at radius 1 is 1.05 bits per heavy atom. The van der Waals surface area contributed by atoms with Crippen LogP contribution >= 0.6 is 0 Å². The van der Waals surface area contributed by atoms with Gasteiger partial charge in [0.2, 0.25) is 0 Å². The Labute approximate surface area is 117 Å². The first kappa shape index (κ1) is 14.2. The molecule has 4 N–H and O–H groups in total. The van der Waals surface area contributed by atoms with Crippen molar-refractivity contribution < 1.29 is 15.0 Å². The summed E-state index contributed by atoms with van der Waals surface area (Å²) in [6, 6.07) is 15.3. The van der Waals surface area contributed by atoms with Gasteiger partial charge in [0.15, 0.2) is 0 Å². The summed E-state index contributed by atoms with van der Waals surface area (Å²) in [4.78, 5) is 10.8. The minimum Gasteiger partial charge on any atom is -0.478 e. The molecule has 0 aliphatic heterocycles. The third-order valence-corrected chi connectivity index (χ3v) is 3.24. The molecule has 2 aromatic rings. The van der Waals surface area contributed by atoms with Gasteiger partial charge in [0.05, 0.1) is 17.7 Å². The van der Waals surface area contributed by atoms with E-state index in [0.29, 0.717) is 6.42 Å². The van der Waals surface area contributed by atoms with Crippen molar-refractivity contribution in [3.05, 3.63) is 71.3 Å². The van der Waals surface area contributed by atoms with E-state index in [1.165, 1.54) is 12.1 Å². The summed E-state index contributed by atoms with van der Waals surface area (Å²) in [6.07, 6.45) is -0.254. The smallest absolute Gasteiger partial charge is 0.335 e. The molecule has 20 heavy (non-hydrogen) atoms. The van der Waals surface area contributed by atoms with Gasteiger partial charge in [0.25, 0.3) is 0 Å². The van der Waals surface area contributed by atoms with Crippen molar-refractivity contribution in [2.24, 2.45) is 5.73 Å². The number of carbonyl (C=O) groups is 1. The Bertz CT molecular complexity index is 566. The lowest BCUT2D eigenvalue weighted by Crippen LogP contribution is -2.28. The number of carboxylic acids is 1. The van der Waals surface area contributed by atoms with Crippen LogP contribution in [0, 0.1) is 0 Å². The van der Waals surface area contributed by atoms with Crippen LogP contribution < -0.4 is 5.73 Å². The Morgan fingerprint density at radius 2 is 1.65 bits per heavy atom. The molecule has 0 amide bonds. The zero-order chi connectivity index (χ0) is 14.5. The van der Waals surface area contributed by atoms with Crippen molar-refractivity contribution in [1.82, 2.24) is 0 Å². The van der Waals surface area contributed by atoms with Gasteiger partial charge in [-0.25, -0.2) is 4.79 Å². The number of hydrogen-bond donors (Lipinski definition) is 3. The van der Waals surface area contributed by atoms with Crippen LogP contribution in [0.1, 0.15) is 27.5 Å². The predicted molar refractivity (Wildman–Crippen MR) is 76.5 cm³/mol. The molecular formula is C16H17NO3. The fourth-order valence-corrected chi connectivity index (χ4v) is 2.05. The summed E-state index contributed by atoms with van der Waals surface area (Å²) < 4.78 is 0. The van der Waals surface area contributed by atoms with Crippen molar-refractivity contribution in [2.45, 2.75) is 18.6 Å². The Balaban J connectivity index is 2.06. The molecule has 0 aliphatic rings. The van der Waals surface area contributed by atoms with Gasteiger partial charge in [-0.3, -0.25) is 0 Å². The molecule has 0 radical (unpaired) electrons. The molecular weight excluding hydrogens is 254 g/mol. The maximum absolute atomic E-state index is 10.8. The maximum atomic E-state index is 10.8. The molecule has 0 heterocycles. The molecule has 2 rings (SSSR count). The van der Waals surface area contributed by atoms with Crippen molar-refractivity contribution in [1.29, 1.82) is 0 Å². The van der Waals surface area contributed by atoms with E-state index in [4.69, 9.17) is 10.8 Å². The molecule has 0 aliphatic carbocycles. The molecule has 0 saturated carbocycles.